The summed E-state index contributed by atoms with van der Waals surface area (Å²) in [7, 11) is 0. The van der Waals surface area contributed by atoms with Crippen LogP contribution >= 0.6 is 0 Å². The van der Waals surface area contributed by atoms with Crippen molar-refractivity contribution in [3.05, 3.63) is 29.8 Å². The number of para-hydroxylation sites is 1. The average molecular weight is 289 g/mol. The zero-order chi connectivity index (χ0) is 15.5. The molecular weight excluding hydrogens is 258 g/mol. The fraction of sp³-hybridized carbons (Fsp3) is 0.684. The number of ether oxygens (including phenoxy) is 1. The van der Waals surface area contributed by atoms with Crippen LogP contribution in [-0.2, 0) is 5.54 Å². The van der Waals surface area contributed by atoms with Crippen LogP contribution in [0.5, 0.6) is 5.75 Å². The first-order valence-corrected chi connectivity index (χ1v) is 8.50. The lowest BCUT2D eigenvalue weighted by atomic mass is 9.62. The summed E-state index contributed by atoms with van der Waals surface area (Å²) in [6.45, 7) is 9.83. The third-order valence-corrected chi connectivity index (χ3v) is 4.97. The first-order chi connectivity index (χ1) is 9.99. The van der Waals surface area contributed by atoms with Gasteiger partial charge in [0.25, 0.3) is 0 Å². The van der Waals surface area contributed by atoms with E-state index in [1.807, 2.05) is 0 Å². The lowest BCUT2D eigenvalue weighted by Gasteiger charge is -2.46. The Morgan fingerprint density at radius 1 is 1.29 bits per heavy atom. The number of hydrogen-bond acceptors (Lipinski definition) is 2. The second-order valence-electron chi connectivity index (χ2n) is 7.12. The molecule has 0 saturated heterocycles. The zero-order valence-electron chi connectivity index (χ0n) is 14.1. The van der Waals surface area contributed by atoms with Gasteiger partial charge in [0.15, 0.2) is 0 Å². The predicted octanol–water partition coefficient (Wildman–Crippen LogP) is 4.72. The molecule has 1 aromatic rings. The van der Waals surface area contributed by atoms with Crippen LogP contribution in [-0.4, -0.2) is 6.61 Å². The molecule has 0 bridgehead atoms. The van der Waals surface area contributed by atoms with Gasteiger partial charge in [0.1, 0.15) is 5.75 Å². The summed E-state index contributed by atoms with van der Waals surface area (Å²) < 4.78 is 5.99. The normalized spacial score (nSPS) is 29.6. The Morgan fingerprint density at radius 3 is 2.67 bits per heavy atom. The molecule has 2 nitrogen and oxygen atoms in total. The summed E-state index contributed by atoms with van der Waals surface area (Å²) >= 11 is 0. The molecule has 3 atom stereocenters. The van der Waals surface area contributed by atoms with Gasteiger partial charge in [0.05, 0.1) is 6.61 Å². The number of nitrogens with two attached hydrogens (primary N) is 1. The highest BCUT2D eigenvalue weighted by molar-refractivity contribution is 5.40. The minimum atomic E-state index is -0.254. The molecule has 1 fully saturated rings. The third kappa shape index (κ3) is 3.42. The van der Waals surface area contributed by atoms with Crippen molar-refractivity contribution >= 4 is 0 Å². The molecule has 0 amide bonds. The number of rotatable bonds is 5. The molecule has 0 aliphatic heterocycles. The van der Waals surface area contributed by atoms with Crippen molar-refractivity contribution < 1.29 is 4.74 Å². The van der Waals surface area contributed by atoms with Gasteiger partial charge in [-0.1, -0.05) is 52.3 Å². The van der Waals surface area contributed by atoms with Crippen molar-refractivity contribution in [2.24, 2.45) is 23.5 Å². The van der Waals surface area contributed by atoms with Gasteiger partial charge in [0, 0.05) is 11.1 Å². The van der Waals surface area contributed by atoms with E-state index in [0.29, 0.717) is 17.8 Å². The van der Waals surface area contributed by atoms with Crippen molar-refractivity contribution in [3.63, 3.8) is 0 Å². The zero-order valence-corrected chi connectivity index (χ0v) is 14.1. The van der Waals surface area contributed by atoms with Gasteiger partial charge in [-0.2, -0.15) is 0 Å². The van der Waals surface area contributed by atoms with E-state index in [9.17, 15) is 0 Å². The average Bonchev–Trinajstić information content (AvgIpc) is 2.45. The summed E-state index contributed by atoms with van der Waals surface area (Å²) in [5.74, 6) is 2.80. The van der Waals surface area contributed by atoms with Crippen LogP contribution in [0.4, 0.5) is 0 Å². The molecule has 0 spiro atoms. The molecule has 1 aliphatic carbocycles. The summed E-state index contributed by atoms with van der Waals surface area (Å²) in [6.07, 6.45) is 4.59. The molecule has 1 saturated carbocycles. The maximum absolute atomic E-state index is 7.01. The molecule has 2 N–H and O–H groups in total. The highest BCUT2D eigenvalue weighted by Crippen LogP contribution is 2.47. The van der Waals surface area contributed by atoms with Gasteiger partial charge in [-0.3, -0.25) is 0 Å². The maximum Gasteiger partial charge on any atom is 0.124 e. The van der Waals surface area contributed by atoms with E-state index >= 15 is 0 Å². The van der Waals surface area contributed by atoms with Gasteiger partial charge in [0.2, 0.25) is 0 Å². The Labute approximate surface area is 130 Å². The second-order valence-corrected chi connectivity index (χ2v) is 7.12. The van der Waals surface area contributed by atoms with E-state index in [-0.39, 0.29) is 5.54 Å². The van der Waals surface area contributed by atoms with E-state index < -0.39 is 0 Å². The minimum absolute atomic E-state index is 0.254. The summed E-state index contributed by atoms with van der Waals surface area (Å²) in [5, 5.41) is 0. The largest absolute Gasteiger partial charge is 0.493 e. The molecule has 2 rings (SSSR count). The molecule has 2 heteroatoms. The van der Waals surface area contributed by atoms with E-state index in [1.54, 1.807) is 0 Å². The van der Waals surface area contributed by atoms with E-state index in [0.717, 1.165) is 25.2 Å². The Balaban J connectivity index is 2.39. The van der Waals surface area contributed by atoms with Crippen molar-refractivity contribution in [2.75, 3.05) is 6.61 Å². The van der Waals surface area contributed by atoms with Crippen LogP contribution in [0, 0.1) is 17.8 Å². The molecule has 118 valence electrons. The lowest BCUT2D eigenvalue weighted by molar-refractivity contribution is 0.105. The molecule has 0 radical (unpaired) electrons. The summed E-state index contributed by atoms with van der Waals surface area (Å²) in [6, 6.07) is 8.41. The van der Waals surface area contributed by atoms with Crippen LogP contribution in [0.3, 0.4) is 0 Å². The molecular formula is C19H31NO. The molecule has 0 heterocycles. The minimum Gasteiger partial charge on any atom is -0.493 e. The Morgan fingerprint density at radius 2 is 2.00 bits per heavy atom. The monoisotopic (exact) mass is 289 g/mol. The topological polar surface area (TPSA) is 35.2 Å². The SMILES string of the molecule is CCCOc1ccccc1C1(N)CC(C)CCC1C(C)C. The summed E-state index contributed by atoms with van der Waals surface area (Å²) in [4.78, 5) is 0. The van der Waals surface area contributed by atoms with Crippen LogP contribution in [0.15, 0.2) is 24.3 Å². The van der Waals surface area contributed by atoms with Crippen LogP contribution in [0.1, 0.15) is 58.9 Å². The highest BCUT2D eigenvalue weighted by Gasteiger charge is 2.43. The number of hydrogen-bond donors (Lipinski definition) is 1. The van der Waals surface area contributed by atoms with E-state index in [4.69, 9.17) is 10.5 Å². The number of benzene rings is 1. The summed E-state index contributed by atoms with van der Waals surface area (Å²) in [5.41, 5.74) is 7.97. The quantitative estimate of drug-likeness (QED) is 0.851. The molecule has 0 aromatic heterocycles. The first kappa shape index (κ1) is 16.4. The molecule has 1 aromatic carbocycles. The Hall–Kier alpha value is -1.02. The first-order valence-electron chi connectivity index (χ1n) is 8.50. The van der Waals surface area contributed by atoms with Crippen LogP contribution in [0.25, 0.3) is 0 Å². The Kier molecular flexibility index (Phi) is 5.32. The van der Waals surface area contributed by atoms with Crippen molar-refractivity contribution in [1.82, 2.24) is 0 Å². The third-order valence-electron chi connectivity index (χ3n) is 4.97. The van der Waals surface area contributed by atoms with Gasteiger partial charge in [-0.05, 0) is 43.1 Å². The standard InChI is InChI=1S/C19H31NO/c1-5-12-21-18-9-7-6-8-17(18)19(20)13-15(4)10-11-16(19)14(2)3/h6-9,14-16H,5,10-13,20H2,1-4H3. The highest BCUT2D eigenvalue weighted by atomic mass is 16.5. The molecule has 1 aliphatic rings. The smallest absolute Gasteiger partial charge is 0.124 e. The fourth-order valence-electron chi connectivity index (χ4n) is 3.98. The van der Waals surface area contributed by atoms with Crippen molar-refractivity contribution in [3.8, 4) is 5.75 Å². The lowest BCUT2D eigenvalue weighted by Crippen LogP contribution is -2.50. The van der Waals surface area contributed by atoms with E-state index in [2.05, 4.69) is 52.0 Å². The van der Waals surface area contributed by atoms with Crippen molar-refractivity contribution in [1.29, 1.82) is 0 Å². The molecule has 21 heavy (non-hydrogen) atoms. The Bertz CT molecular complexity index is 457. The maximum atomic E-state index is 7.01. The second kappa shape index (κ2) is 6.83. The van der Waals surface area contributed by atoms with E-state index in [1.165, 1.54) is 18.4 Å². The molecule has 3 unspecified atom stereocenters. The predicted molar refractivity (Wildman–Crippen MR) is 89.4 cm³/mol. The fourth-order valence-corrected chi connectivity index (χ4v) is 3.98. The van der Waals surface area contributed by atoms with Crippen LogP contribution in [0.2, 0.25) is 0 Å². The van der Waals surface area contributed by atoms with Gasteiger partial charge < -0.3 is 10.5 Å². The van der Waals surface area contributed by atoms with Gasteiger partial charge >= 0.3 is 0 Å². The van der Waals surface area contributed by atoms with Crippen molar-refractivity contribution in [2.45, 2.75) is 58.9 Å². The van der Waals surface area contributed by atoms with Gasteiger partial charge in [-0.15, -0.1) is 0 Å². The van der Waals surface area contributed by atoms with Gasteiger partial charge in [-0.25, -0.2) is 0 Å². The van der Waals surface area contributed by atoms with Crippen LogP contribution < -0.4 is 10.5 Å².